The molecule has 0 unspecified atom stereocenters. The van der Waals surface area contributed by atoms with Crippen molar-refractivity contribution in [2.75, 3.05) is 6.54 Å². The molecule has 0 saturated carbocycles. The number of benzene rings is 2. The molecule has 7 nitrogen and oxygen atoms in total. The van der Waals surface area contributed by atoms with E-state index in [0.717, 1.165) is 23.0 Å². The summed E-state index contributed by atoms with van der Waals surface area (Å²) < 4.78 is 44.3. The Balaban J connectivity index is 1.47. The second-order valence-electron chi connectivity index (χ2n) is 8.28. The molecule has 0 fully saturated rings. The second kappa shape index (κ2) is 9.27. The molecule has 36 heavy (non-hydrogen) atoms. The molecule has 1 N–H and O–H groups in total. The van der Waals surface area contributed by atoms with Gasteiger partial charge in [-0.2, -0.15) is 23.4 Å². The molecule has 0 aliphatic carbocycles. The van der Waals surface area contributed by atoms with Gasteiger partial charge in [0.05, 0.1) is 22.6 Å². The summed E-state index contributed by atoms with van der Waals surface area (Å²) >= 11 is 6.00. The summed E-state index contributed by atoms with van der Waals surface area (Å²) in [5, 5.41) is 13.0. The largest absolute Gasteiger partial charge is 0.433 e. The number of halogens is 4. The van der Waals surface area contributed by atoms with Crippen molar-refractivity contribution >= 4 is 33.9 Å². The van der Waals surface area contributed by atoms with E-state index in [4.69, 9.17) is 11.6 Å². The van der Waals surface area contributed by atoms with E-state index < -0.39 is 17.8 Å². The van der Waals surface area contributed by atoms with Crippen LogP contribution in [0, 0.1) is 6.92 Å². The van der Waals surface area contributed by atoms with Crippen LogP contribution < -0.4 is 5.32 Å². The van der Waals surface area contributed by atoms with E-state index in [9.17, 15) is 18.0 Å². The van der Waals surface area contributed by atoms with Crippen LogP contribution in [0.5, 0.6) is 0 Å². The van der Waals surface area contributed by atoms with Crippen LogP contribution in [0.4, 0.5) is 13.2 Å². The Kier molecular flexibility index (Phi) is 6.13. The number of nitrogens with one attached hydrogen (secondary N) is 1. The number of alkyl halides is 3. The summed E-state index contributed by atoms with van der Waals surface area (Å²) in [6.07, 6.45) is -1.36. The van der Waals surface area contributed by atoms with Crippen LogP contribution in [0.25, 0.3) is 27.7 Å². The molecular weight excluding hydrogens is 493 g/mol. The molecule has 0 bridgehead atoms. The van der Waals surface area contributed by atoms with E-state index >= 15 is 0 Å². The zero-order valence-corrected chi connectivity index (χ0v) is 19.8. The third kappa shape index (κ3) is 4.51. The fraction of sp³-hybridized carbons (Fsp3) is 0.200. The fourth-order valence-corrected chi connectivity index (χ4v) is 4.21. The van der Waals surface area contributed by atoms with Gasteiger partial charge in [0, 0.05) is 24.8 Å². The molecule has 5 rings (SSSR count). The normalized spacial score (nSPS) is 11.9. The molecule has 5 aromatic rings. The Morgan fingerprint density at radius 2 is 1.92 bits per heavy atom. The maximum Gasteiger partial charge on any atom is 0.433 e. The van der Waals surface area contributed by atoms with Gasteiger partial charge in [0.2, 0.25) is 0 Å². The number of carbonyl (C=O) groups is 1. The first-order valence-electron chi connectivity index (χ1n) is 11.1. The summed E-state index contributed by atoms with van der Waals surface area (Å²) in [6, 6.07) is 13.7. The Hall–Kier alpha value is -3.92. The molecule has 1 amide bonds. The number of rotatable bonds is 6. The van der Waals surface area contributed by atoms with Crippen molar-refractivity contribution in [2.45, 2.75) is 26.1 Å². The van der Waals surface area contributed by atoms with Gasteiger partial charge in [-0.3, -0.25) is 9.48 Å². The van der Waals surface area contributed by atoms with Crippen LogP contribution in [0.1, 0.15) is 28.2 Å². The summed E-state index contributed by atoms with van der Waals surface area (Å²) in [5.74, 6) is -0.560. The van der Waals surface area contributed by atoms with E-state index in [2.05, 4.69) is 20.5 Å². The van der Waals surface area contributed by atoms with E-state index in [1.807, 2.05) is 30.3 Å². The quantitative estimate of drug-likeness (QED) is 0.303. The van der Waals surface area contributed by atoms with Gasteiger partial charge >= 0.3 is 6.18 Å². The summed E-state index contributed by atoms with van der Waals surface area (Å²) in [6.45, 7) is 2.59. The Bertz CT molecular complexity index is 1570. The third-order valence-corrected chi connectivity index (χ3v) is 6.18. The van der Waals surface area contributed by atoms with Gasteiger partial charge in [-0.15, -0.1) is 0 Å². The lowest BCUT2D eigenvalue weighted by atomic mass is 10.0. The Morgan fingerprint density at radius 1 is 1.14 bits per heavy atom. The highest BCUT2D eigenvalue weighted by Crippen LogP contribution is 2.34. The zero-order valence-electron chi connectivity index (χ0n) is 19.1. The number of amides is 1. The van der Waals surface area contributed by atoms with Crippen LogP contribution in [-0.4, -0.2) is 36.8 Å². The molecule has 0 radical (unpaired) electrons. The minimum atomic E-state index is -4.70. The molecule has 3 heterocycles. The number of nitrogens with zero attached hydrogens (tertiary/aromatic N) is 5. The van der Waals surface area contributed by atoms with E-state index in [-0.39, 0.29) is 23.4 Å². The van der Waals surface area contributed by atoms with Crippen molar-refractivity contribution in [2.24, 2.45) is 0 Å². The van der Waals surface area contributed by atoms with E-state index in [1.54, 1.807) is 29.9 Å². The SMILES string of the molecule is Cc1nn(CCCNC(=O)c2cnn3c(C(F)(F)F)cc(-c4cccc5ccccc45)nc23)cc1Cl. The highest BCUT2D eigenvalue weighted by molar-refractivity contribution is 6.31. The summed E-state index contributed by atoms with van der Waals surface area (Å²) in [5.41, 5.74) is 0.121. The smallest absolute Gasteiger partial charge is 0.352 e. The minimum absolute atomic E-state index is 0.0411. The van der Waals surface area contributed by atoms with Gasteiger partial charge < -0.3 is 5.32 Å². The molecule has 0 aliphatic heterocycles. The van der Waals surface area contributed by atoms with Crippen LogP contribution >= 0.6 is 11.6 Å². The highest BCUT2D eigenvalue weighted by Gasteiger charge is 2.36. The molecule has 0 aliphatic rings. The van der Waals surface area contributed by atoms with Crippen molar-refractivity contribution in [3.8, 4) is 11.3 Å². The number of fused-ring (bicyclic) bond motifs is 2. The predicted octanol–water partition coefficient (Wildman–Crippen LogP) is 5.55. The van der Waals surface area contributed by atoms with Crippen LogP contribution in [0.15, 0.2) is 60.9 Å². The predicted molar refractivity (Wildman–Crippen MR) is 130 cm³/mol. The average molecular weight is 513 g/mol. The number of hydrogen-bond donors (Lipinski definition) is 1. The van der Waals surface area contributed by atoms with E-state index in [1.165, 1.54) is 0 Å². The topological polar surface area (TPSA) is 77.1 Å². The van der Waals surface area contributed by atoms with Crippen molar-refractivity contribution in [1.29, 1.82) is 0 Å². The van der Waals surface area contributed by atoms with Crippen molar-refractivity contribution in [3.63, 3.8) is 0 Å². The zero-order chi connectivity index (χ0) is 25.4. The van der Waals surface area contributed by atoms with Gasteiger partial charge in [0.25, 0.3) is 5.91 Å². The first kappa shape index (κ1) is 23.8. The van der Waals surface area contributed by atoms with E-state index in [0.29, 0.717) is 33.8 Å². The molecular formula is C25H20ClF3N6O. The summed E-state index contributed by atoms with van der Waals surface area (Å²) in [7, 11) is 0. The monoisotopic (exact) mass is 512 g/mol. The van der Waals surface area contributed by atoms with Crippen molar-refractivity contribution in [3.05, 3.63) is 82.9 Å². The van der Waals surface area contributed by atoms with Gasteiger partial charge in [-0.1, -0.05) is 54.1 Å². The Labute approximate surface area is 208 Å². The average Bonchev–Trinajstić information content (AvgIpc) is 3.42. The molecule has 0 saturated heterocycles. The number of hydrogen-bond acceptors (Lipinski definition) is 4. The lowest BCUT2D eigenvalue weighted by molar-refractivity contribution is -0.142. The van der Waals surface area contributed by atoms with Gasteiger partial charge in [0.1, 0.15) is 5.56 Å². The van der Waals surface area contributed by atoms with Crippen molar-refractivity contribution in [1.82, 2.24) is 29.7 Å². The minimum Gasteiger partial charge on any atom is -0.352 e. The molecule has 184 valence electrons. The molecule has 0 atom stereocenters. The van der Waals surface area contributed by atoms with Gasteiger partial charge in [-0.05, 0) is 30.2 Å². The molecule has 0 spiro atoms. The molecule has 3 aromatic heterocycles. The first-order chi connectivity index (χ1) is 17.2. The Morgan fingerprint density at radius 3 is 2.67 bits per heavy atom. The second-order valence-corrected chi connectivity index (χ2v) is 8.69. The molecule has 11 heteroatoms. The van der Waals surface area contributed by atoms with Crippen molar-refractivity contribution < 1.29 is 18.0 Å². The standard InChI is InChI=1S/C25H20ClF3N6O/c1-15-20(26)14-34(33-15)11-5-10-30-24(36)19-13-31-35-22(25(27,28)29)12-21(32-23(19)35)18-9-4-7-16-6-2-3-8-17(16)18/h2-4,6-9,12-14H,5,10-11H2,1H3,(H,30,36). The lowest BCUT2D eigenvalue weighted by Crippen LogP contribution is -2.25. The van der Waals surface area contributed by atoms with Gasteiger partial charge in [0.15, 0.2) is 11.3 Å². The fourth-order valence-electron chi connectivity index (χ4n) is 4.06. The summed E-state index contributed by atoms with van der Waals surface area (Å²) in [4.78, 5) is 17.3. The van der Waals surface area contributed by atoms with Crippen LogP contribution in [0.2, 0.25) is 5.02 Å². The number of carbonyl (C=O) groups excluding carboxylic acids is 1. The van der Waals surface area contributed by atoms with Crippen LogP contribution in [0.3, 0.4) is 0 Å². The lowest BCUT2D eigenvalue weighted by Gasteiger charge is -2.13. The molecule has 2 aromatic carbocycles. The number of aromatic nitrogens is 5. The van der Waals surface area contributed by atoms with Crippen LogP contribution in [-0.2, 0) is 12.7 Å². The maximum atomic E-state index is 14.0. The first-order valence-corrected chi connectivity index (χ1v) is 11.5. The highest BCUT2D eigenvalue weighted by atomic mass is 35.5. The third-order valence-electron chi connectivity index (χ3n) is 5.81. The number of aryl methyl sites for hydroxylation is 2. The maximum absolute atomic E-state index is 14.0. The van der Waals surface area contributed by atoms with Gasteiger partial charge in [-0.25, -0.2) is 9.50 Å².